The average molecular weight is 393 g/mol. The first-order valence-electron chi connectivity index (χ1n) is 8.00. The lowest BCUT2D eigenvalue weighted by molar-refractivity contribution is -0.122. The minimum absolute atomic E-state index is 0.00634. The zero-order chi connectivity index (χ0) is 20.8. The highest BCUT2D eigenvalue weighted by molar-refractivity contribution is 5.96. The molecular formula is C19H17F2NO6. The SMILES string of the molecule is COC(=O)c1cc(O[C@H](C)C(=O)Nc2c(F)cccc2F)cc(C(=O)OC)c1. The van der Waals surface area contributed by atoms with Crippen LogP contribution in [0, 0.1) is 11.6 Å². The highest BCUT2D eigenvalue weighted by atomic mass is 19.1. The Balaban J connectivity index is 2.24. The number of benzene rings is 2. The number of carbonyl (C=O) groups is 3. The van der Waals surface area contributed by atoms with Gasteiger partial charge in [-0.3, -0.25) is 4.79 Å². The smallest absolute Gasteiger partial charge is 0.338 e. The van der Waals surface area contributed by atoms with E-state index in [0.717, 1.165) is 32.4 Å². The number of halogens is 2. The van der Waals surface area contributed by atoms with Crippen LogP contribution in [0.3, 0.4) is 0 Å². The molecule has 1 amide bonds. The number of hydrogen-bond acceptors (Lipinski definition) is 6. The van der Waals surface area contributed by atoms with E-state index in [1.807, 2.05) is 0 Å². The van der Waals surface area contributed by atoms with Crippen LogP contribution in [0.15, 0.2) is 36.4 Å². The molecule has 7 nitrogen and oxygen atoms in total. The van der Waals surface area contributed by atoms with Gasteiger partial charge >= 0.3 is 11.9 Å². The molecule has 2 aromatic carbocycles. The number of carbonyl (C=O) groups excluding carboxylic acids is 3. The molecule has 0 fully saturated rings. The summed E-state index contributed by atoms with van der Waals surface area (Å²) in [5.41, 5.74) is -0.622. The summed E-state index contributed by atoms with van der Waals surface area (Å²) in [6, 6.07) is 6.90. The Bertz CT molecular complexity index is 861. The minimum Gasteiger partial charge on any atom is -0.481 e. The molecule has 0 heterocycles. The van der Waals surface area contributed by atoms with Gasteiger partial charge in [-0.2, -0.15) is 0 Å². The predicted molar refractivity (Wildman–Crippen MR) is 94.2 cm³/mol. The molecular weight excluding hydrogens is 376 g/mol. The highest BCUT2D eigenvalue weighted by Crippen LogP contribution is 2.22. The van der Waals surface area contributed by atoms with E-state index in [4.69, 9.17) is 4.74 Å². The van der Waals surface area contributed by atoms with Crippen molar-refractivity contribution in [2.75, 3.05) is 19.5 Å². The van der Waals surface area contributed by atoms with Crippen LogP contribution in [0.25, 0.3) is 0 Å². The van der Waals surface area contributed by atoms with Crippen LogP contribution in [-0.2, 0) is 14.3 Å². The number of nitrogens with one attached hydrogen (secondary N) is 1. The van der Waals surface area contributed by atoms with Crippen molar-refractivity contribution < 1.29 is 37.4 Å². The summed E-state index contributed by atoms with van der Waals surface area (Å²) in [5, 5.41) is 2.10. The van der Waals surface area contributed by atoms with Gasteiger partial charge in [0.15, 0.2) is 6.10 Å². The second-order valence-electron chi connectivity index (χ2n) is 5.58. The number of ether oxygens (including phenoxy) is 3. The molecule has 1 atom stereocenters. The van der Waals surface area contributed by atoms with E-state index in [1.54, 1.807) is 0 Å². The van der Waals surface area contributed by atoms with Gasteiger partial charge in [0.25, 0.3) is 5.91 Å². The third-order valence-electron chi connectivity index (χ3n) is 3.64. The summed E-state index contributed by atoms with van der Waals surface area (Å²) in [6.45, 7) is 1.33. The van der Waals surface area contributed by atoms with Gasteiger partial charge < -0.3 is 19.5 Å². The first-order chi connectivity index (χ1) is 13.3. The molecule has 0 bridgehead atoms. The van der Waals surface area contributed by atoms with E-state index in [1.165, 1.54) is 25.1 Å². The van der Waals surface area contributed by atoms with Gasteiger partial charge in [0.2, 0.25) is 0 Å². The van der Waals surface area contributed by atoms with Crippen LogP contribution >= 0.6 is 0 Å². The van der Waals surface area contributed by atoms with Crippen molar-refractivity contribution in [2.24, 2.45) is 0 Å². The van der Waals surface area contributed by atoms with Gasteiger partial charge in [0, 0.05) is 0 Å². The quantitative estimate of drug-likeness (QED) is 0.759. The number of para-hydroxylation sites is 1. The molecule has 0 spiro atoms. The second kappa shape index (κ2) is 8.94. The summed E-state index contributed by atoms with van der Waals surface area (Å²) in [5.74, 6) is -4.21. The molecule has 148 valence electrons. The van der Waals surface area contributed by atoms with Crippen molar-refractivity contribution >= 4 is 23.5 Å². The van der Waals surface area contributed by atoms with Crippen LogP contribution in [0.5, 0.6) is 5.75 Å². The number of amides is 1. The zero-order valence-corrected chi connectivity index (χ0v) is 15.2. The van der Waals surface area contributed by atoms with E-state index in [2.05, 4.69) is 14.8 Å². The molecule has 0 aliphatic heterocycles. The van der Waals surface area contributed by atoms with Gasteiger partial charge in [-0.15, -0.1) is 0 Å². The number of esters is 2. The lowest BCUT2D eigenvalue weighted by Crippen LogP contribution is -2.31. The predicted octanol–water partition coefficient (Wildman–Crippen LogP) is 2.94. The van der Waals surface area contributed by atoms with E-state index >= 15 is 0 Å². The Morgan fingerprint density at radius 3 is 1.89 bits per heavy atom. The van der Waals surface area contributed by atoms with E-state index in [-0.39, 0.29) is 16.9 Å². The van der Waals surface area contributed by atoms with E-state index in [9.17, 15) is 23.2 Å². The van der Waals surface area contributed by atoms with Gasteiger partial charge in [-0.25, -0.2) is 18.4 Å². The molecule has 28 heavy (non-hydrogen) atoms. The number of methoxy groups -OCH3 is 2. The average Bonchev–Trinajstić information content (AvgIpc) is 2.69. The third-order valence-corrected chi connectivity index (χ3v) is 3.64. The molecule has 1 N–H and O–H groups in total. The Morgan fingerprint density at radius 1 is 0.929 bits per heavy atom. The number of rotatable bonds is 6. The summed E-state index contributed by atoms with van der Waals surface area (Å²) in [6.07, 6.45) is -1.21. The number of hydrogen-bond donors (Lipinski definition) is 1. The molecule has 0 radical (unpaired) electrons. The topological polar surface area (TPSA) is 90.9 Å². The van der Waals surface area contributed by atoms with Crippen LogP contribution in [0.2, 0.25) is 0 Å². The summed E-state index contributed by atoms with van der Waals surface area (Å²) >= 11 is 0. The molecule has 0 aliphatic carbocycles. The lowest BCUT2D eigenvalue weighted by Gasteiger charge is -2.16. The van der Waals surface area contributed by atoms with Crippen LogP contribution < -0.4 is 10.1 Å². The maximum atomic E-state index is 13.7. The zero-order valence-electron chi connectivity index (χ0n) is 15.2. The van der Waals surface area contributed by atoms with E-state index < -0.39 is 41.3 Å². The monoisotopic (exact) mass is 393 g/mol. The van der Waals surface area contributed by atoms with Crippen molar-refractivity contribution in [3.63, 3.8) is 0 Å². The fourth-order valence-corrected chi connectivity index (χ4v) is 2.24. The normalized spacial score (nSPS) is 11.3. The molecule has 9 heteroatoms. The van der Waals surface area contributed by atoms with Crippen LogP contribution in [-0.4, -0.2) is 38.2 Å². The van der Waals surface area contributed by atoms with E-state index in [0.29, 0.717) is 0 Å². The Kier molecular flexibility index (Phi) is 6.64. The first kappa shape index (κ1) is 20.8. The van der Waals surface area contributed by atoms with Crippen LogP contribution in [0.1, 0.15) is 27.6 Å². The van der Waals surface area contributed by atoms with Gasteiger partial charge in [-0.05, 0) is 37.3 Å². The third kappa shape index (κ3) is 4.81. The van der Waals surface area contributed by atoms with Crippen molar-refractivity contribution in [3.8, 4) is 5.75 Å². The maximum absolute atomic E-state index is 13.7. The summed E-state index contributed by atoms with van der Waals surface area (Å²) < 4.78 is 42.0. The van der Waals surface area contributed by atoms with Crippen LogP contribution in [0.4, 0.5) is 14.5 Å². The summed E-state index contributed by atoms with van der Waals surface area (Å²) in [7, 11) is 2.32. The Hall–Kier alpha value is -3.49. The molecule has 0 aromatic heterocycles. The fourth-order valence-electron chi connectivity index (χ4n) is 2.24. The molecule has 2 rings (SSSR count). The van der Waals surface area contributed by atoms with Gasteiger partial charge in [-0.1, -0.05) is 6.07 Å². The first-order valence-corrected chi connectivity index (χ1v) is 8.00. The van der Waals surface area contributed by atoms with Crippen molar-refractivity contribution in [2.45, 2.75) is 13.0 Å². The molecule has 0 saturated heterocycles. The maximum Gasteiger partial charge on any atom is 0.338 e. The molecule has 2 aromatic rings. The second-order valence-corrected chi connectivity index (χ2v) is 5.58. The fraction of sp³-hybridized carbons (Fsp3) is 0.211. The largest absolute Gasteiger partial charge is 0.481 e. The summed E-state index contributed by atoms with van der Waals surface area (Å²) in [4.78, 5) is 35.8. The minimum atomic E-state index is -1.21. The molecule has 0 unspecified atom stereocenters. The van der Waals surface area contributed by atoms with Crippen molar-refractivity contribution in [1.29, 1.82) is 0 Å². The van der Waals surface area contributed by atoms with Crippen molar-refractivity contribution in [1.82, 2.24) is 0 Å². The number of anilines is 1. The van der Waals surface area contributed by atoms with Crippen molar-refractivity contribution in [3.05, 3.63) is 59.2 Å². The highest BCUT2D eigenvalue weighted by Gasteiger charge is 2.21. The van der Waals surface area contributed by atoms with Gasteiger partial charge in [0.1, 0.15) is 23.1 Å². The molecule has 0 saturated carbocycles. The Morgan fingerprint density at radius 2 is 1.43 bits per heavy atom. The molecule has 0 aliphatic rings. The van der Waals surface area contributed by atoms with Gasteiger partial charge in [0.05, 0.1) is 25.3 Å². The standard InChI is InChI=1S/C19H17F2NO6/c1-10(17(23)22-16-14(20)5-4-6-15(16)21)28-13-8-11(18(24)26-2)7-12(9-13)19(25)27-3/h4-10H,1-3H3,(H,22,23)/t10-/m1/s1. The Labute approximate surface area is 159 Å². The lowest BCUT2D eigenvalue weighted by atomic mass is 10.1.